The Morgan fingerprint density at radius 2 is 2.22 bits per heavy atom. The molecule has 3 radical (unpaired) electrons. The fourth-order valence-corrected chi connectivity index (χ4v) is 1.04. The number of rotatable bonds is 1. The van der Waals surface area contributed by atoms with E-state index in [0.717, 1.165) is 6.04 Å². The highest BCUT2D eigenvalue weighted by Gasteiger charge is 1.85. The van der Waals surface area contributed by atoms with Gasteiger partial charge in [0.05, 0.1) is 0 Å². The van der Waals surface area contributed by atoms with Gasteiger partial charge in [0, 0.05) is 10.2 Å². The predicted octanol–water partition coefficient (Wildman–Crippen LogP) is 1.66. The van der Waals surface area contributed by atoms with Crippen LogP contribution in [0.5, 0.6) is 0 Å². The zero-order chi connectivity index (χ0) is 6.69. The average Bonchev–Trinajstić information content (AvgIpc) is 1.88. The van der Waals surface area contributed by atoms with Crippen molar-refractivity contribution in [2.75, 3.05) is 0 Å². The van der Waals surface area contributed by atoms with Crippen molar-refractivity contribution in [3.63, 3.8) is 0 Å². The van der Waals surface area contributed by atoms with Crippen LogP contribution in [-0.4, -0.2) is 10.2 Å². The first kappa shape index (κ1) is 6.56. The third-order valence-electron chi connectivity index (χ3n) is 1.29. The van der Waals surface area contributed by atoms with Gasteiger partial charge in [0.2, 0.25) is 0 Å². The Hall–Kier alpha value is -0.563. The second-order valence-corrected chi connectivity index (χ2v) is 2.52. The molecule has 0 unspecified atom stereocenters. The summed E-state index contributed by atoms with van der Waals surface area (Å²) in [4.78, 5) is 0. The monoisotopic (exact) mass is 133 g/mol. The summed E-state index contributed by atoms with van der Waals surface area (Å²) in [6, 6.07) is 9.41. The van der Waals surface area contributed by atoms with E-state index in [4.69, 9.17) is 0 Å². The van der Waals surface area contributed by atoms with Gasteiger partial charge in [0.15, 0.2) is 0 Å². The van der Waals surface area contributed by atoms with Crippen molar-refractivity contribution in [1.82, 2.24) is 0 Å². The average molecular weight is 133 g/mol. The van der Waals surface area contributed by atoms with E-state index in [0.29, 0.717) is 0 Å². The van der Waals surface area contributed by atoms with E-state index < -0.39 is 0 Å². The van der Waals surface area contributed by atoms with Crippen LogP contribution >= 0.6 is 0 Å². The van der Waals surface area contributed by atoms with Gasteiger partial charge in [0.1, 0.15) is 0 Å². The number of hydrogen-bond acceptors (Lipinski definition) is 0. The van der Waals surface area contributed by atoms with Crippen LogP contribution in [-0.2, 0) is 6.04 Å². The zero-order valence-corrected chi connectivity index (χ0v) is 6.52. The Morgan fingerprint density at radius 3 is 2.67 bits per heavy atom. The first-order valence-corrected chi connectivity index (χ1v) is 3.74. The van der Waals surface area contributed by atoms with Gasteiger partial charge in [-0.15, -0.1) is 0 Å². The predicted molar refractivity (Wildman–Crippen MR) is 40.6 cm³/mol. The fraction of sp³-hybridized carbons (Fsp3) is 0.250. The van der Waals surface area contributed by atoms with Gasteiger partial charge < -0.3 is 0 Å². The van der Waals surface area contributed by atoms with E-state index in [1.807, 2.05) is 0 Å². The zero-order valence-electron chi connectivity index (χ0n) is 5.52. The van der Waals surface area contributed by atoms with Crippen molar-refractivity contribution in [1.29, 1.82) is 0 Å². The molecule has 0 saturated carbocycles. The molecule has 0 aliphatic heterocycles. The quantitative estimate of drug-likeness (QED) is 0.511. The molecule has 0 saturated heterocycles. The first-order valence-electron chi connectivity index (χ1n) is 3.03. The minimum absolute atomic E-state index is 0.946. The molecule has 0 nitrogen and oxygen atoms in total. The summed E-state index contributed by atoms with van der Waals surface area (Å²) in [5, 5.41) is 0. The van der Waals surface area contributed by atoms with Crippen LogP contribution in [0.4, 0.5) is 0 Å². The van der Waals surface area contributed by atoms with Crippen LogP contribution < -0.4 is 0 Å². The lowest BCUT2D eigenvalue weighted by molar-refractivity contribution is 1.35. The SMILES string of the molecule is Cc1cccc(C[Si])c1. The number of benzene rings is 1. The molecule has 0 spiro atoms. The highest BCUT2D eigenvalue weighted by molar-refractivity contribution is 6.08. The minimum atomic E-state index is 0.946. The molecule has 0 aliphatic carbocycles. The lowest BCUT2D eigenvalue weighted by Crippen LogP contribution is -1.82. The fourth-order valence-electron chi connectivity index (χ4n) is 0.822. The molecular weight excluding hydrogens is 124 g/mol. The van der Waals surface area contributed by atoms with E-state index in [-0.39, 0.29) is 0 Å². The molecule has 0 aromatic heterocycles. The summed E-state index contributed by atoms with van der Waals surface area (Å²) in [5.41, 5.74) is 2.66. The van der Waals surface area contributed by atoms with Gasteiger partial charge in [-0.2, -0.15) is 0 Å². The standard InChI is InChI=1S/C8H9Si/c1-7-3-2-4-8(5-7)6-9/h2-5H,6H2,1H3. The maximum absolute atomic E-state index is 3.44. The molecule has 0 amide bonds. The molecule has 0 bridgehead atoms. The van der Waals surface area contributed by atoms with Crippen molar-refractivity contribution in [2.45, 2.75) is 13.0 Å². The van der Waals surface area contributed by atoms with Crippen molar-refractivity contribution in [3.8, 4) is 0 Å². The van der Waals surface area contributed by atoms with Gasteiger partial charge >= 0.3 is 0 Å². The lowest BCUT2D eigenvalue weighted by Gasteiger charge is -1.95. The van der Waals surface area contributed by atoms with E-state index >= 15 is 0 Å². The van der Waals surface area contributed by atoms with E-state index in [1.165, 1.54) is 11.1 Å². The Bertz CT molecular complexity index is 194. The Morgan fingerprint density at radius 1 is 1.44 bits per heavy atom. The van der Waals surface area contributed by atoms with Gasteiger partial charge in [-0.25, -0.2) is 0 Å². The molecule has 0 aliphatic rings. The maximum atomic E-state index is 3.44. The van der Waals surface area contributed by atoms with Crippen LogP contribution in [0.2, 0.25) is 0 Å². The van der Waals surface area contributed by atoms with E-state index in [9.17, 15) is 0 Å². The van der Waals surface area contributed by atoms with Gasteiger partial charge in [-0.1, -0.05) is 35.4 Å². The summed E-state index contributed by atoms with van der Waals surface area (Å²) in [5.74, 6) is 0. The molecule has 0 heterocycles. The number of hydrogen-bond donors (Lipinski definition) is 0. The second kappa shape index (κ2) is 2.83. The third kappa shape index (κ3) is 1.68. The molecule has 1 aromatic carbocycles. The molecular formula is C8H9Si. The molecule has 0 N–H and O–H groups in total. The largest absolute Gasteiger partial charge is 0.0617 e. The normalized spacial score (nSPS) is 9.56. The Labute approximate surface area is 59.3 Å². The highest BCUT2D eigenvalue weighted by Crippen LogP contribution is 2.02. The molecule has 0 atom stereocenters. The molecule has 45 valence electrons. The van der Waals surface area contributed by atoms with Crippen LogP contribution in [0, 0.1) is 6.92 Å². The Kier molecular flexibility index (Phi) is 2.06. The summed E-state index contributed by atoms with van der Waals surface area (Å²) in [6.45, 7) is 2.10. The molecule has 0 fully saturated rings. The summed E-state index contributed by atoms with van der Waals surface area (Å²) in [6.07, 6.45) is 0. The van der Waals surface area contributed by atoms with Crippen molar-refractivity contribution >= 4 is 10.2 Å². The van der Waals surface area contributed by atoms with E-state index in [2.05, 4.69) is 41.4 Å². The second-order valence-electron chi connectivity index (χ2n) is 2.17. The molecule has 1 aromatic rings. The van der Waals surface area contributed by atoms with Crippen LogP contribution in [0.15, 0.2) is 24.3 Å². The number of aryl methyl sites for hydroxylation is 1. The summed E-state index contributed by atoms with van der Waals surface area (Å²) < 4.78 is 0. The summed E-state index contributed by atoms with van der Waals surface area (Å²) >= 11 is 0. The van der Waals surface area contributed by atoms with Gasteiger partial charge in [-0.05, 0) is 13.0 Å². The van der Waals surface area contributed by atoms with E-state index in [1.54, 1.807) is 0 Å². The van der Waals surface area contributed by atoms with Crippen LogP contribution in [0.3, 0.4) is 0 Å². The first-order chi connectivity index (χ1) is 4.33. The topological polar surface area (TPSA) is 0 Å². The third-order valence-corrected chi connectivity index (χ3v) is 1.69. The van der Waals surface area contributed by atoms with Crippen LogP contribution in [0.25, 0.3) is 0 Å². The smallest absolute Gasteiger partial charge is 0.0283 e. The van der Waals surface area contributed by atoms with Gasteiger partial charge in [0.25, 0.3) is 0 Å². The van der Waals surface area contributed by atoms with Crippen molar-refractivity contribution < 1.29 is 0 Å². The molecule has 1 heteroatoms. The van der Waals surface area contributed by atoms with Crippen molar-refractivity contribution in [2.24, 2.45) is 0 Å². The summed E-state index contributed by atoms with van der Waals surface area (Å²) in [7, 11) is 3.44. The molecule has 1 rings (SSSR count). The minimum Gasteiger partial charge on any atom is -0.0617 e. The van der Waals surface area contributed by atoms with Crippen molar-refractivity contribution in [3.05, 3.63) is 35.4 Å². The van der Waals surface area contributed by atoms with Crippen LogP contribution in [0.1, 0.15) is 11.1 Å². The van der Waals surface area contributed by atoms with Gasteiger partial charge in [-0.3, -0.25) is 0 Å². The maximum Gasteiger partial charge on any atom is 0.0283 e. The lowest BCUT2D eigenvalue weighted by atomic mass is 10.2. The molecule has 9 heavy (non-hydrogen) atoms. The highest BCUT2D eigenvalue weighted by atomic mass is 28.1. The Balaban J connectivity index is 2.94.